The topological polar surface area (TPSA) is 0 Å². The third-order valence-electron chi connectivity index (χ3n) is 4.78. The second-order valence-corrected chi connectivity index (χ2v) is 5.78. The second-order valence-electron chi connectivity index (χ2n) is 5.78. The minimum absolute atomic E-state index is 0.485. The molecule has 0 nitrogen and oxygen atoms in total. The van der Waals surface area contributed by atoms with Crippen molar-refractivity contribution in [3.05, 3.63) is 12.2 Å². The van der Waals surface area contributed by atoms with Crippen LogP contribution in [0.3, 0.4) is 0 Å². The van der Waals surface area contributed by atoms with E-state index in [1.807, 2.05) is 0 Å². The molecule has 0 aliphatic heterocycles. The molecule has 0 heterocycles. The first-order valence-electron chi connectivity index (χ1n) is 6.68. The lowest BCUT2D eigenvalue weighted by Crippen LogP contribution is -2.46. The predicted molar refractivity (Wildman–Crippen MR) is 69.0 cm³/mol. The highest BCUT2D eigenvalue weighted by molar-refractivity contribution is 5.18. The van der Waals surface area contributed by atoms with Crippen LogP contribution in [0, 0.1) is 10.8 Å². The summed E-state index contributed by atoms with van der Waals surface area (Å²) in [6, 6.07) is 0. The molecule has 0 bridgehead atoms. The molecular formula is C15H28. The number of allylic oxidation sites excluding steroid dienone is 1. The summed E-state index contributed by atoms with van der Waals surface area (Å²) < 4.78 is 0. The van der Waals surface area contributed by atoms with Gasteiger partial charge in [-0.1, -0.05) is 52.2 Å². The molecule has 1 aliphatic rings. The van der Waals surface area contributed by atoms with E-state index in [1.165, 1.54) is 50.5 Å². The molecule has 88 valence electrons. The third kappa shape index (κ3) is 2.00. The summed E-state index contributed by atoms with van der Waals surface area (Å²) in [5, 5.41) is 0. The van der Waals surface area contributed by atoms with Crippen molar-refractivity contribution in [1.29, 1.82) is 0 Å². The van der Waals surface area contributed by atoms with Gasteiger partial charge in [0.15, 0.2) is 0 Å². The maximum atomic E-state index is 4.28. The van der Waals surface area contributed by atoms with Crippen molar-refractivity contribution < 1.29 is 0 Å². The van der Waals surface area contributed by atoms with Gasteiger partial charge >= 0.3 is 0 Å². The first kappa shape index (κ1) is 12.8. The van der Waals surface area contributed by atoms with Gasteiger partial charge < -0.3 is 0 Å². The molecule has 1 saturated carbocycles. The van der Waals surface area contributed by atoms with Crippen molar-refractivity contribution in [2.75, 3.05) is 0 Å². The van der Waals surface area contributed by atoms with E-state index in [9.17, 15) is 0 Å². The molecule has 1 fully saturated rings. The summed E-state index contributed by atoms with van der Waals surface area (Å²) in [5.41, 5.74) is 2.44. The van der Waals surface area contributed by atoms with Crippen LogP contribution in [0.5, 0.6) is 0 Å². The van der Waals surface area contributed by atoms with E-state index in [2.05, 4.69) is 34.3 Å². The molecule has 0 amide bonds. The first-order valence-corrected chi connectivity index (χ1v) is 6.68. The number of rotatable bonds is 6. The fourth-order valence-corrected chi connectivity index (χ4v) is 3.78. The van der Waals surface area contributed by atoms with Crippen LogP contribution in [-0.2, 0) is 0 Å². The number of hydrogen-bond acceptors (Lipinski definition) is 0. The van der Waals surface area contributed by atoms with Crippen molar-refractivity contribution in [3.63, 3.8) is 0 Å². The molecule has 1 aliphatic carbocycles. The molecule has 0 aromatic carbocycles. The monoisotopic (exact) mass is 208 g/mol. The smallest absolute Gasteiger partial charge is 0.00398 e. The molecule has 0 atom stereocenters. The Bertz CT molecular complexity index is 214. The maximum Gasteiger partial charge on any atom is -0.00398 e. The zero-order valence-corrected chi connectivity index (χ0v) is 11.2. The van der Waals surface area contributed by atoms with Crippen molar-refractivity contribution in [1.82, 2.24) is 0 Å². The highest BCUT2D eigenvalue weighted by atomic mass is 14.5. The Kier molecular flexibility index (Phi) is 4.03. The van der Waals surface area contributed by atoms with Crippen LogP contribution in [0.25, 0.3) is 0 Å². The van der Waals surface area contributed by atoms with Gasteiger partial charge in [0.25, 0.3) is 0 Å². The van der Waals surface area contributed by atoms with Gasteiger partial charge in [-0.2, -0.15) is 0 Å². The van der Waals surface area contributed by atoms with Crippen LogP contribution >= 0.6 is 0 Å². The van der Waals surface area contributed by atoms with E-state index in [0.29, 0.717) is 10.8 Å². The zero-order chi connectivity index (χ0) is 11.5. The molecule has 0 aromatic heterocycles. The Labute approximate surface area is 96.2 Å². The van der Waals surface area contributed by atoms with Crippen molar-refractivity contribution >= 4 is 0 Å². The van der Waals surface area contributed by atoms with Gasteiger partial charge in [-0.15, -0.1) is 0 Å². The lowest BCUT2D eigenvalue weighted by molar-refractivity contribution is -0.00739. The lowest BCUT2D eigenvalue weighted by Gasteiger charge is -2.56. The van der Waals surface area contributed by atoms with Crippen LogP contribution in [0.2, 0.25) is 0 Å². The molecular weight excluding hydrogens is 180 g/mol. The Hall–Kier alpha value is -0.260. The summed E-state index contributed by atoms with van der Waals surface area (Å²) in [5.74, 6) is 0. The number of hydrogen-bond donors (Lipinski definition) is 0. The molecule has 0 saturated heterocycles. The Balaban J connectivity index is 2.90. The molecule has 15 heavy (non-hydrogen) atoms. The minimum Gasteiger partial charge on any atom is -0.0996 e. The summed E-state index contributed by atoms with van der Waals surface area (Å²) in [6.45, 7) is 13.7. The van der Waals surface area contributed by atoms with Crippen LogP contribution in [0.15, 0.2) is 12.2 Å². The van der Waals surface area contributed by atoms with E-state index < -0.39 is 0 Å². The average molecular weight is 208 g/mol. The van der Waals surface area contributed by atoms with E-state index in [-0.39, 0.29) is 0 Å². The Morgan fingerprint density at radius 3 is 1.87 bits per heavy atom. The van der Waals surface area contributed by atoms with E-state index in [1.54, 1.807) is 0 Å². The SMILES string of the molecule is C=C(C)C1(C(C)(CCC)CCC)CCC1. The first-order chi connectivity index (χ1) is 7.02. The van der Waals surface area contributed by atoms with Gasteiger partial charge in [-0.3, -0.25) is 0 Å². The van der Waals surface area contributed by atoms with Gasteiger partial charge in [0.1, 0.15) is 0 Å². The predicted octanol–water partition coefficient (Wildman–Crippen LogP) is 5.34. The molecule has 0 aromatic rings. The highest BCUT2D eigenvalue weighted by Gasteiger charge is 2.50. The minimum atomic E-state index is 0.485. The van der Waals surface area contributed by atoms with Gasteiger partial charge in [-0.05, 0) is 43.4 Å². The fourth-order valence-electron chi connectivity index (χ4n) is 3.78. The van der Waals surface area contributed by atoms with Crippen LogP contribution in [0.1, 0.15) is 72.6 Å². The highest BCUT2D eigenvalue weighted by Crippen LogP contribution is 2.61. The van der Waals surface area contributed by atoms with Crippen LogP contribution in [-0.4, -0.2) is 0 Å². The van der Waals surface area contributed by atoms with Crippen molar-refractivity contribution in [2.24, 2.45) is 10.8 Å². The molecule has 0 radical (unpaired) electrons. The molecule has 1 rings (SSSR count). The summed E-state index contributed by atoms with van der Waals surface area (Å²) in [7, 11) is 0. The third-order valence-corrected chi connectivity index (χ3v) is 4.78. The fraction of sp³-hybridized carbons (Fsp3) is 0.867. The van der Waals surface area contributed by atoms with Gasteiger partial charge in [0.05, 0.1) is 0 Å². The molecule has 0 spiro atoms. The Morgan fingerprint density at radius 1 is 1.20 bits per heavy atom. The van der Waals surface area contributed by atoms with Crippen LogP contribution in [0.4, 0.5) is 0 Å². The standard InChI is InChI=1S/C15H28/c1-6-9-14(5,10-7-2)15(13(3)4)11-8-12-15/h3,6-12H2,1-2,4-5H3. The quantitative estimate of drug-likeness (QED) is 0.517. The van der Waals surface area contributed by atoms with Crippen molar-refractivity contribution in [3.8, 4) is 0 Å². The van der Waals surface area contributed by atoms with Crippen LogP contribution < -0.4 is 0 Å². The lowest BCUT2D eigenvalue weighted by atomic mass is 9.48. The zero-order valence-electron chi connectivity index (χ0n) is 11.2. The largest absolute Gasteiger partial charge is 0.0996 e. The van der Waals surface area contributed by atoms with Crippen molar-refractivity contribution in [2.45, 2.75) is 72.6 Å². The van der Waals surface area contributed by atoms with E-state index >= 15 is 0 Å². The normalized spacial score (nSPS) is 19.7. The van der Waals surface area contributed by atoms with E-state index in [0.717, 1.165) is 0 Å². The van der Waals surface area contributed by atoms with Gasteiger partial charge in [0, 0.05) is 0 Å². The second kappa shape index (κ2) is 4.72. The average Bonchev–Trinajstić information content (AvgIpc) is 2.00. The Morgan fingerprint density at radius 2 is 1.67 bits per heavy atom. The summed E-state index contributed by atoms with van der Waals surface area (Å²) in [4.78, 5) is 0. The maximum absolute atomic E-state index is 4.28. The summed E-state index contributed by atoms with van der Waals surface area (Å²) >= 11 is 0. The van der Waals surface area contributed by atoms with Gasteiger partial charge in [-0.25, -0.2) is 0 Å². The molecule has 0 N–H and O–H groups in total. The molecule has 0 heteroatoms. The van der Waals surface area contributed by atoms with Gasteiger partial charge in [0.2, 0.25) is 0 Å². The van der Waals surface area contributed by atoms with E-state index in [4.69, 9.17) is 0 Å². The summed E-state index contributed by atoms with van der Waals surface area (Å²) in [6.07, 6.45) is 9.55. The molecule has 0 unspecified atom stereocenters.